The van der Waals surface area contributed by atoms with E-state index < -0.39 is 0 Å². The highest BCUT2D eigenvalue weighted by molar-refractivity contribution is 7.99. The first-order valence-electron chi connectivity index (χ1n) is 6.49. The summed E-state index contributed by atoms with van der Waals surface area (Å²) < 4.78 is 5.39. The minimum absolute atomic E-state index is 0.532. The van der Waals surface area contributed by atoms with Crippen LogP contribution in [0, 0.1) is 0 Å². The zero-order valence-corrected chi connectivity index (χ0v) is 11.8. The van der Waals surface area contributed by atoms with Gasteiger partial charge in [0.15, 0.2) is 0 Å². The normalized spacial score (nSPS) is 17.4. The Bertz CT molecular complexity index is 376. The van der Waals surface area contributed by atoms with Gasteiger partial charge in [-0.15, -0.1) is 0 Å². The zero-order valence-electron chi connectivity index (χ0n) is 11.0. The van der Waals surface area contributed by atoms with Crippen molar-refractivity contribution in [2.45, 2.75) is 19.5 Å². The molecule has 0 radical (unpaired) electrons. The molecule has 0 aromatic heterocycles. The van der Waals surface area contributed by atoms with Gasteiger partial charge in [-0.3, -0.25) is 4.90 Å². The van der Waals surface area contributed by atoms with E-state index >= 15 is 0 Å². The Morgan fingerprint density at radius 1 is 1.33 bits per heavy atom. The van der Waals surface area contributed by atoms with Crippen LogP contribution in [0.3, 0.4) is 0 Å². The highest BCUT2D eigenvalue weighted by Crippen LogP contribution is 2.21. The van der Waals surface area contributed by atoms with Crippen molar-refractivity contribution in [3.63, 3.8) is 0 Å². The quantitative estimate of drug-likeness (QED) is 0.906. The maximum atomic E-state index is 5.69. The van der Waals surface area contributed by atoms with E-state index in [0.29, 0.717) is 6.54 Å². The van der Waals surface area contributed by atoms with Crippen molar-refractivity contribution in [2.24, 2.45) is 5.73 Å². The highest BCUT2D eigenvalue weighted by atomic mass is 32.2. The molecule has 0 unspecified atom stereocenters. The van der Waals surface area contributed by atoms with Crippen LogP contribution < -0.4 is 10.5 Å². The number of benzene rings is 1. The standard InChI is InChI=1S/C14H22N2OS/c1-17-14-9-12(3-4-13(14)10-15)11-16-5-2-7-18-8-6-16/h3-4,9H,2,5-8,10-11,15H2,1H3. The summed E-state index contributed by atoms with van der Waals surface area (Å²) in [5.74, 6) is 3.46. The predicted molar refractivity (Wildman–Crippen MR) is 78.1 cm³/mol. The Hall–Kier alpha value is -0.710. The highest BCUT2D eigenvalue weighted by Gasteiger charge is 2.11. The lowest BCUT2D eigenvalue weighted by Crippen LogP contribution is -2.25. The van der Waals surface area contributed by atoms with Crippen LogP contribution in [-0.4, -0.2) is 36.6 Å². The first-order chi connectivity index (χ1) is 8.83. The molecular formula is C14H22N2OS. The van der Waals surface area contributed by atoms with E-state index in [4.69, 9.17) is 10.5 Å². The van der Waals surface area contributed by atoms with Gasteiger partial charge in [0.25, 0.3) is 0 Å². The summed E-state index contributed by atoms with van der Waals surface area (Å²) in [7, 11) is 1.71. The SMILES string of the molecule is COc1cc(CN2CCCSCC2)ccc1CN. The third-order valence-corrected chi connectivity index (χ3v) is 4.34. The molecule has 1 heterocycles. The molecular weight excluding hydrogens is 244 g/mol. The molecule has 18 heavy (non-hydrogen) atoms. The van der Waals surface area contributed by atoms with Crippen molar-refractivity contribution in [1.82, 2.24) is 4.90 Å². The molecule has 4 heteroatoms. The van der Waals surface area contributed by atoms with Gasteiger partial charge in [0.1, 0.15) is 5.75 Å². The van der Waals surface area contributed by atoms with Gasteiger partial charge < -0.3 is 10.5 Å². The Labute approximate surface area is 114 Å². The van der Waals surface area contributed by atoms with Crippen molar-refractivity contribution >= 4 is 11.8 Å². The average Bonchev–Trinajstić information content (AvgIpc) is 2.67. The summed E-state index contributed by atoms with van der Waals surface area (Å²) in [6.07, 6.45) is 1.29. The average molecular weight is 266 g/mol. The molecule has 0 saturated carbocycles. The van der Waals surface area contributed by atoms with Crippen LogP contribution in [0.2, 0.25) is 0 Å². The molecule has 1 aliphatic rings. The van der Waals surface area contributed by atoms with Gasteiger partial charge >= 0.3 is 0 Å². The van der Waals surface area contributed by atoms with Gasteiger partial charge in [-0.1, -0.05) is 12.1 Å². The molecule has 0 amide bonds. The number of methoxy groups -OCH3 is 1. The Morgan fingerprint density at radius 3 is 3.00 bits per heavy atom. The van der Waals surface area contributed by atoms with Crippen LogP contribution in [-0.2, 0) is 13.1 Å². The molecule has 100 valence electrons. The van der Waals surface area contributed by atoms with Crippen LogP contribution in [0.5, 0.6) is 5.75 Å². The second-order valence-corrected chi connectivity index (χ2v) is 5.82. The second-order valence-electron chi connectivity index (χ2n) is 4.59. The van der Waals surface area contributed by atoms with Gasteiger partial charge in [0.2, 0.25) is 0 Å². The number of rotatable bonds is 4. The molecule has 0 aliphatic carbocycles. The van der Waals surface area contributed by atoms with E-state index in [2.05, 4.69) is 34.9 Å². The zero-order chi connectivity index (χ0) is 12.8. The molecule has 2 rings (SSSR count). The van der Waals surface area contributed by atoms with Crippen LogP contribution in [0.15, 0.2) is 18.2 Å². The number of nitrogens with zero attached hydrogens (tertiary/aromatic N) is 1. The largest absolute Gasteiger partial charge is 0.496 e. The van der Waals surface area contributed by atoms with E-state index in [9.17, 15) is 0 Å². The molecule has 2 N–H and O–H groups in total. The molecule has 1 aromatic carbocycles. The van der Waals surface area contributed by atoms with Crippen molar-refractivity contribution in [3.05, 3.63) is 29.3 Å². The first kappa shape index (κ1) is 13.7. The molecule has 0 bridgehead atoms. The van der Waals surface area contributed by atoms with E-state index in [1.165, 1.54) is 36.6 Å². The lowest BCUT2D eigenvalue weighted by molar-refractivity contribution is 0.287. The number of thioether (sulfide) groups is 1. The van der Waals surface area contributed by atoms with Gasteiger partial charge in [0, 0.05) is 31.0 Å². The van der Waals surface area contributed by atoms with Crippen molar-refractivity contribution in [1.29, 1.82) is 0 Å². The maximum absolute atomic E-state index is 5.69. The van der Waals surface area contributed by atoms with E-state index in [1.807, 2.05) is 0 Å². The second kappa shape index (κ2) is 7.02. The number of hydrogen-bond donors (Lipinski definition) is 1. The lowest BCUT2D eigenvalue weighted by Gasteiger charge is -2.20. The molecule has 1 saturated heterocycles. The molecule has 3 nitrogen and oxygen atoms in total. The predicted octanol–water partition coefficient (Wildman–Crippen LogP) is 2.09. The third-order valence-electron chi connectivity index (χ3n) is 3.29. The fourth-order valence-electron chi connectivity index (χ4n) is 2.27. The van der Waals surface area contributed by atoms with Crippen molar-refractivity contribution in [2.75, 3.05) is 31.7 Å². The minimum atomic E-state index is 0.532. The van der Waals surface area contributed by atoms with Gasteiger partial charge in [-0.2, -0.15) is 11.8 Å². The third kappa shape index (κ3) is 3.64. The Morgan fingerprint density at radius 2 is 2.22 bits per heavy atom. The summed E-state index contributed by atoms with van der Waals surface area (Å²) in [5.41, 5.74) is 8.08. The lowest BCUT2D eigenvalue weighted by atomic mass is 10.1. The van der Waals surface area contributed by atoms with Crippen LogP contribution in [0.25, 0.3) is 0 Å². The topological polar surface area (TPSA) is 38.5 Å². The van der Waals surface area contributed by atoms with Crippen LogP contribution in [0.4, 0.5) is 0 Å². The van der Waals surface area contributed by atoms with Crippen molar-refractivity contribution < 1.29 is 4.74 Å². The molecule has 1 aliphatic heterocycles. The Kier molecular flexibility index (Phi) is 5.35. The maximum Gasteiger partial charge on any atom is 0.123 e. The van der Waals surface area contributed by atoms with Crippen molar-refractivity contribution in [3.8, 4) is 5.75 Å². The monoisotopic (exact) mass is 266 g/mol. The van der Waals surface area contributed by atoms with Gasteiger partial charge in [-0.25, -0.2) is 0 Å². The first-order valence-corrected chi connectivity index (χ1v) is 7.65. The molecule has 1 aromatic rings. The van der Waals surface area contributed by atoms with E-state index in [-0.39, 0.29) is 0 Å². The van der Waals surface area contributed by atoms with Gasteiger partial charge in [0.05, 0.1) is 7.11 Å². The number of ether oxygens (including phenoxy) is 1. The van der Waals surface area contributed by atoms with E-state index in [1.54, 1.807) is 7.11 Å². The summed E-state index contributed by atoms with van der Waals surface area (Å²) >= 11 is 2.06. The van der Waals surface area contributed by atoms with Crippen LogP contribution in [0.1, 0.15) is 17.5 Å². The number of nitrogens with two attached hydrogens (primary N) is 1. The summed E-state index contributed by atoms with van der Waals surface area (Å²) in [5, 5.41) is 0. The summed E-state index contributed by atoms with van der Waals surface area (Å²) in [6, 6.07) is 6.38. The fraction of sp³-hybridized carbons (Fsp3) is 0.571. The summed E-state index contributed by atoms with van der Waals surface area (Å²) in [4.78, 5) is 2.52. The molecule has 1 fully saturated rings. The van der Waals surface area contributed by atoms with Gasteiger partial charge in [-0.05, 0) is 30.3 Å². The molecule has 0 atom stereocenters. The molecule has 0 spiro atoms. The van der Waals surface area contributed by atoms with E-state index in [0.717, 1.165) is 17.9 Å². The summed E-state index contributed by atoms with van der Waals surface area (Å²) in [6.45, 7) is 3.94. The van der Waals surface area contributed by atoms with Crippen LogP contribution >= 0.6 is 11.8 Å². The number of hydrogen-bond acceptors (Lipinski definition) is 4. The minimum Gasteiger partial charge on any atom is -0.496 e. The smallest absolute Gasteiger partial charge is 0.123 e. The fourth-order valence-corrected chi connectivity index (χ4v) is 3.19. The Balaban J connectivity index is 2.03.